The summed E-state index contributed by atoms with van der Waals surface area (Å²) in [7, 11) is 0. The monoisotopic (exact) mass is 353 g/mol. The molecule has 25 heavy (non-hydrogen) atoms. The van der Waals surface area contributed by atoms with Gasteiger partial charge in [-0.2, -0.15) is 0 Å². The predicted octanol–water partition coefficient (Wildman–Crippen LogP) is 3.16. The highest BCUT2D eigenvalue weighted by molar-refractivity contribution is 7.22. The number of nitrogens with zero attached hydrogens (tertiary/aromatic N) is 4. The number of thiazole rings is 1. The molecule has 1 aliphatic carbocycles. The molecule has 1 fully saturated rings. The molecule has 1 aromatic carbocycles. The molecule has 0 radical (unpaired) electrons. The molecule has 0 bridgehead atoms. The third-order valence-corrected chi connectivity index (χ3v) is 5.88. The van der Waals surface area contributed by atoms with E-state index in [1.54, 1.807) is 17.7 Å². The lowest BCUT2D eigenvalue weighted by Gasteiger charge is -2.25. The van der Waals surface area contributed by atoms with E-state index in [4.69, 9.17) is 9.72 Å². The Labute approximate surface area is 149 Å². The largest absolute Gasteiger partial charge is 0.378 e. The van der Waals surface area contributed by atoms with Crippen molar-refractivity contribution in [1.82, 2.24) is 15.0 Å². The van der Waals surface area contributed by atoms with Crippen molar-refractivity contribution in [2.24, 2.45) is 0 Å². The van der Waals surface area contributed by atoms with E-state index in [0.29, 0.717) is 0 Å². The Kier molecular flexibility index (Phi) is 3.75. The molecule has 0 amide bonds. The number of fused-ring (bicyclic) bond motifs is 2. The van der Waals surface area contributed by atoms with E-state index in [1.807, 2.05) is 0 Å². The van der Waals surface area contributed by atoms with Gasteiger partial charge in [-0.25, -0.2) is 15.0 Å². The van der Waals surface area contributed by atoms with E-state index in [1.165, 1.54) is 22.4 Å². The second kappa shape index (κ2) is 6.24. The fourth-order valence-electron chi connectivity index (χ4n) is 3.48. The normalized spacial score (nSPS) is 17.0. The van der Waals surface area contributed by atoms with Crippen molar-refractivity contribution in [3.05, 3.63) is 35.8 Å². The summed E-state index contributed by atoms with van der Waals surface area (Å²) in [6, 6.07) is 6.33. The van der Waals surface area contributed by atoms with Crippen LogP contribution in [-0.4, -0.2) is 41.3 Å². The van der Waals surface area contributed by atoms with Crippen molar-refractivity contribution in [1.29, 1.82) is 0 Å². The zero-order valence-corrected chi connectivity index (χ0v) is 14.7. The number of hydrogen-bond donors (Lipinski definition) is 1. The van der Waals surface area contributed by atoms with E-state index < -0.39 is 0 Å². The zero-order chi connectivity index (χ0) is 16.6. The summed E-state index contributed by atoms with van der Waals surface area (Å²) < 4.78 is 6.62. The fraction of sp³-hybridized carbons (Fsp3) is 0.389. The minimum absolute atomic E-state index is 0.779. The van der Waals surface area contributed by atoms with E-state index in [9.17, 15) is 0 Å². The molecule has 0 unspecified atom stereocenters. The molecule has 1 saturated heterocycles. The first-order valence-electron chi connectivity index (χ1n) is 8.70. The van der Waals surface area contributed by atoms with Crippen molar-refractivity contribution in [3.63, 3.8) is 0 Å². The van der Waals surface area contributed by atoms with Crippen LogP contribution in [0.2, 0.25) is 0 Å². The van der Waals surface area contributed by atoms with Gasteiger partial charge in [-0.1, -0.05) is 11.3 Å². The molecule has 0 atom stereocenters. The van der Waals surface area contributed by atoms with Gasteiger partial charge in [-0.3, -0.25) is 0 Å². The molecular weight excluding hydrogens is 334 g/mol. The molecule has 2 aromatic heterocycles. The van der Waals surface area contributed by atoms with Gasteiger partial charge in [-0.15, -0.1) is 0 Å². The smallest absolute Gasteiger partial charge is 0.186 e. The van der Waals surface area contributed by atoms with Gasteiger partial charge >= 0.3 is 0 Å². The van der Waals surface area contributed by atoms with Gasteiger partial charge in [0.1, 0.15) is 12.1 Å². The molecule has 3 aromatic rings. The van der Waals surface area contributed by atoms with E-state index in [-0.39, 0.29) is 0 Å². The van der Waals surface area contributed by atoms with Crippen LogP contribution in [0.25, 0.3) is 10.2 Å². The summed E-state index contributed by atoms with van der Waals surface area (Å²) >= 11 is 1.74. The maximum atomic E-state index is 5.43. The van der Waals surface area contributed by atoms with Gasteiger partial charge in [0.15, 0.2) is 5.13 Å². The number of anilines is 3. The molecule has 3 heterocycles. The van der Waals surface area contributed by atoms with Crippen LogP contribution in [0.4, 0.5) is 16.6 Å². The van der Waals surface area contributed by atoms with Gasteiger partial charge in [0, 0.05) is 30.0 Å². The minimum atomic E-state index is 0.779. The lowest BCUT2D eigenvalue weighted by atomic mass is 10.2. The van der Waals surface area contributed by atoms with Crippen LogP contribution >= 0.6 is 11.3 Å². The van der Waals surface area contributed by atoms with Crippen LogP contribution in [0.3, 0.4) is 0 Å². The summed E-state index contributed by atoms with van der Waals surface area (Å²) in [5, 5.41) is 4.56. The highest BCUT2D eigenvalue weighted by Gasteiger charge is 2.18. The Morgan fingerprint density at radius 2 is 2.04 bits per heavy atom. The average Bonchev–Trinajstić information content (AvgIpc) is 3.29. The second-order valence-corrected chi connectivity index (χ2v) is 7.41. The van der Waals surface area contributed by atoms with Crippen molar-refractivity contribution < 1.29 is 4.74 Å². The van der Waals surface area contributed by atoms with Crippen molar-refractivity contribution >= 4 is 38.2 Å². The number of ether oxygens (including phenoxy) is 1. The highest BCUT2D eigenvalue weighted by Crippen LogP contribution is 2.33. The SMILES string of the molecule is c1nc2c(c(Nc3ccc4nc(N5CCOCC5)sc4c3)n1)CCC2. The van der Waals surface area contributed by atoms with Crippen LogP contribution in [0.15, 0.2) is 24.5 Å². The maximum Gasteiger partial charge on any atom is 0.186 e. The minimum Gasteiger partial charge on any atom is -0.378 e. The van der Waals surface area contributed by atoms with Gasteiger partial charge in [0.25, 0.3) is 0 Å². The summed E-state index contributed by atoms with van der Waals surface area (Å²) in [5.74, 6) is 0.944. The summed E-state index contributed by atoms with van der Waals surface area (Å²) in [6.45, 7) is 3.39. The first-order chi connectivity index (χ1) is 12.4. The molecule has 0 saturated carbocycles. The van der Waals surface area contributed by atoms with Crippen LogP contribution < -0.4 is 10.2 Å². The molecule has 5 rings (SSSR count). The number of hydrogen-bond acceptors (Lipinski definition) is 7. The third kappa shape index (κ3) is 2.83. The number of morpholine rings is 1. The molecule has 7 heteroatoms. The van der Waals surface area contributed by atoms with Gasteiger partial charge in [0.05, 0.1) is 23.4 Å². The molecule has 0 spiro atoms. The Balaban J connectivity index is 1.44. The molecule has 6 nitrogen and oxygen atoms in total. The molecule has 128 valence electrons. The van der Waals surface area contributed by atoms with Crippen LogP contribution in [0, 0.1) is 0 Å². The zero-order valence-electron chi connectivity index (χ0n) is 13.9. The fourth-order valence-corrected chi connectivity index (χ4v) is 4.54. The van der Waals surface area contributed by atoms with Gasteiger partial charge in [-0.05, 0) is 37.5 Å². The van der Waals surface area contributed by atoms with Crippen molar-refractivity contribution in [2.75, 3.05) is 36.5 Å². The second-order valence-electron chi connectivity index (χ2n) is 6.40. The quantitative estimate of drug-likeness (QED) is 0.780. The first kappa shape index (κ1) is 15.0. The molecule has 2 aliphatic rings. The highest BCUT2D eigenvalue weighted by atomic mass is 32.1. The number of rotatable bonds is 3. The summed E-state index contributed by atoms with van der Waals surface area (Å²) in [6.07, 6.45) is 4.94. The van der Waals surface area contributed by atoms with E-state index in [2.05, 4.69) is 38.4 Å². The van der Waals surface area contributed by atoms with Crippen LogP contribution in [-0.2, 0) is 17.6 Å². The summed E-state index contributed by atoms with van der Waals surface area (Å²) in [5.41, 5.74) is 4.55. The van der Waals surface area contributed by atoms with Gasteiger partial charge in [0.2, 0.25) is 0 Å². The maximum absolute atomic E-state index is 5.43. The molecule has 1 aliphatic heterocycles. The predicted molar refractivity (Wildman–Crippen MR) is 100.0 cm³/mol. The topological polar surface area (TPSA) is 63.2 Å². The average molecular weight is 353 g/mol. The molecular formula is C18H19N5OS. The number of aromatic nitrogens is 3. The summed E-state index contributed by atoms with van der Waals surface area (Å²) in [4.78, 5) is 15.9. The Morgan fingerprint density at radius 3 is 2.96 bits per heavy atom. The Bertz CT molecular complexity index is 919. The third-order valence-electron chi connectivity index (χ3n) is 4.80. The number of nitrogens with one attached hydrogen (secondary N) is 1. The lowest BCUT2D eigenvalue weighted by Crippen LogP contribution is -2.36. The Hall–Kier alpha value is -2.25. The number of benzene rings is 1. The standard InChI is InChI=1S/C18H19N5OS/c1-2-13-14(3-1)19-11-20-17(13)21-12-4-5-15-16(10-12)25-18(22-15)23-6-8-24-9-7-23/h4-5,10-11H,1-3,6-9H2,(H,19,20,21). The van der Waals surface area contributed by atoms with Gasteiger partial charge < -0.3 is 15.0 Å². The number of aryl methyl sites for hydroxylation is 1. The van der Waals surface area contributed by atoms with Crippen molar-refractivity contribution in [3.8, 4) is 0 Å². The van der Waals surface area contributed by atoms with Crippen LogP contribution in [0.1, 0.15) is 17.7 Å². The van der Waals surface area contributed by atoms with Crippen molar-refractivity contribution in [2.45, 2.75) is 19.3 Å². The Morgan fingerprint density at radius 1 is 1.12 bits per heavy atom. The molecule has 1 N–H and O–H groups in total. The van der Waals surface area contributed by atoms with E-state index in [0.717, 1.165) is 61.3 Å². The van der Waals surface area contributed by atoms with E-state index >= 15 is 0 Å². The lowest BCUT2D eigenvalue weighted by molar-refractivity contribution is 0.122. The first-order valence-corrected chi connectivity index (χ1v) is 9.51. The van der Waals surface area contributed by atoms with Crippen LogP contribution in [0.5, 0.6) is 0 Å².